The van der Waals surface area contributed by atoms with E-state index >= 15 is 39.5 Å². The van der Waals surface area contributed by atoms with Gasteiger partial charge < -0.3 is 30.7 Å². The first kappa shape index (κ1) is 51.3. The number of carboxylic acids is 1. The second-order valence-corrected chi connectivity index (χ2v) is 17.5. The van der Waals surface area contributed by atoms with Crippen molar-refractivity contribution in [1.82, 2.24) is 0 Å². The number of alkyl halides is 9. The lowest BCUT2D eigenvalue weighted by molar-refractivity contribution is -0.376. The number of anilines is 2. The van der Waals surface area contributed by atoms with Gasteiger partial charge in [-0.1, -0.05) is 72.8 Å². The van der Waals surface area contributed by atoms with Crippen molar-refractivity contribution in [3.8, 4) is 16.9 Å². The predicted octanol–water partition coefficient (Wildman–Crippen LogP) is 11.2. The topological polar surface area (TPSA) is 162 Å². The smallest absolute Gasteiger partial charge is 0.430 e. The van der Waals surface area contributed by atoms with Crippen molar-refractivity contribution in [3.63, 3.8) is 0 Å². The minimum absolute atomic E-state index is 0.240. The highest BCUT2D eigenvalue weighted by Crippen LogP contribution is 2.59. The Morgan fingerprint density at radius 3 is 1.56 bits per heavy atom. The molecule has 1 aliphatic rings. The van der Waals surface area contributed by atoms with Crippen LogP contribution in [0.3, 0.4) is 0 Å². The molecule has 6 aromatic rings. The van der Waals surface area contributed by atoms with Crippen LogP contribution >= 0.6 is 0 Å². The monoisotopic (exact) mass is 992 g/mol. The maximum Gasteiger partial charge on any atom is 0.430 e. The molecule has 10 nitrogen and oxygen atoms in total. The van der Waals surface area contributed by atoms with Crippen LogP contribution in [0, 0.1) is 0 Å². The molecule has 1 unspecified atom stereocenters. The minimum Gasteiger partial charge on any atom is -0.478 e. The molecule has 19 heteroatoms. The number of Topliss-reactive ketones (excluding diaryl/α,β-unsaturated/α-hetero) is 1. The van der Waals surface area contributed by atoms with Crippen LogP contribution in [0.4, 0.5) is 50.9 Å². The molecule has 1 aliphatic carbocycles. The van der Waals surface area contributed by atoms with Crippen LogP contribution in [-0.2, 0) is 26.8 Å². The van der Waals surface area contributed by atoms with E-state index in [0.717, 1.165) is 31.2 Å². The molecule has 0 saturated carbocycles. The number of ether oxygens (including phenoxy) is 1. The summed E-state index contributed by atoms with van der Waals surface area (Å²) in [6, 6.07) is 24.1. The average molecular weight is 993 g/mol. The van der Waals surface area contributed by atoms with Gasteiger partial charge in [0.1, 0.15) is 11.2 Å². The summed E-state index contributed by atoms with van der Waals surface area (Å²) < 4.78 is 142. The van der Waals surface area contributed by atoms with Gasteiger partial charge in [-0.25, -0.2) is 4.79 Å². The third-order valence-corrected chi connectivity index (χ3v) is 13.0. The van der Waals surface area contributed by atoms with E-state index in [2.05, 4.69) is 5.32 Å². The molecular formula is C52H41F9N2O8. The van der Waals surface area contributed by atoms with Crippen molar-refractivity contribution in [1.29, 1.82) is 0 Å². The average Bonchev–Trinajstić information content (AvgIpc) is 3.60. The number of carbonyl (C=O) groups is 4. The fourth-order valence-corrected chi connectivity index (χ4v) is 9.37. The molecule has 0 fully saturated rings. The lowest BCUT2D eigenvalue weighted by Crippen LogP contribution is -2.54. The molecule has 6 aromatic carbocycles. The van der Waals surface area contributed by atoms with Crippen molar-refractivity contribution >= 4 is 35.5 Å². The van der Waals surface area contributed by atoms with Crippen LogP contribution in [0.1, 0.15) is 103 Å². The van der Waals surface area contributed by atoms with E-state index in [1.54, 1.807) is 67.7 Å². The van der Waals surface area contributed by atoms with E-state index in [1.165, 1.54) is 19.9 Å². The van der Waals surface area contributed by atoms with Crippen molar-refractivity contribution in [2.45, 2.75) is 68.3 Å². The number of aromatic carboxylic acids is 1. The molecule has 1 amide bonds. The molecule has 0 saturated heterocycles. The Morgan fingerprint density at radius 1 is 0.606 bits per heavy atom. The van der Waals surface area contributed by atoms with Crippen LogP contribution in [-0.4, -0.2) is 65.0 Å². The molecule has 370 valence electrons. The maximum atomic E-state index is 15.4. The van der Waals surface area contributed by atoms with Crippen molar-refractivity contribution in [2.24, 2.45) is 0 Å². The van der Waals surface area contributed by atoms with Gasteiger partial charge >= 0.3 is 24.5 Å². The summed E-state index contributed by atoms with van der Waals surface area (Å²) in [5.74, 6) is -5.11. The molecule has 0 heterocycles. The van der Waals surface area contributed by atoms with Crippen LogP contribution in [0.15, 0.2) is 121 Å². The standard InChI is InChI=1S/C52H41F9N2O8/c1-27(65)35-22-28(14-18-34(35)45(67)68)47(4,50(53,54)55)29-17-21-43(71-26-64)36(23-29)44(66)63-42-20-16-31(25-40(42)49(70,51(56,57)58)52(59,60)61)48(30-15-19-41(62-5)39(24-30)46(2,3)69)37-12-8-6-10-32(37)33-11-7-9-13-38(33)48/h6-26,62,69-70H,1-5H3,(H,63,66)(H,67,68). The Morgan fingerprint density at radius 2 is 1.10 bits per heavy atom. The van der Waals surface area contributed by atoms with E-state index in [0.29, 0.717) is 65.2 Å². The summed E-state index contributed by atoms with van der Waals surface area (Å²) in [6.07, 6.45) is -18.5. The number of amides is 1. The molecule has 7 rings (SSSR count). The fraction of sp³-hybridized carbons (Fsp3) is 0.231. The molecule has 5 N–H and O–H groups in total. The second kappa shape index (κ2) is 17.7. The van der Waals surface area contributed by atoms with Crippen LogP contribution in [0.25, 0.3) is 11.1 Å². The number of rotatable bonds is 13. The van der Waals surface area contributed by atoms with E-state index in [-0.39, 0.29) is 23.2 Å². The van der Waals surface area contributed by atoms with Crippen LogP contribution in [0.2, 0.25) is 0 Å². The van der Waals surface area contributed by atoms with Crippen molar-refractivity contribution in [3.05, 3.63) is 183 Å². The van der Waals surface area contributed by atoms with Gasteiger partial charge in [-0.15, -0.1) is 0 Å². The zero-order chi connectivity index (χ0) is 52.4. The number of ketones is 1. The second-order valence-electron chi connectivity index (χ2n) is 17.5. The highest BCUT2D eigenvalue weighted by Gasteiger charge is 2.72. The molecule has 0 bridgehead atoms. The SMILES string of the molecule is CNc1ccc(C2(c3ccc(NC(=O)c4cc(C(C)(c5ccc(C(=O)O)c(C(C)=O)c5)C(F)(F)F)ccc4OC=O)c(C(O)(C(F)(F)F)C(F)(F)F)c3)c3ccccc3-c3ccccc32)cc1C(C)(C)O. The van der Waals surface area contributed by atoms with Gasteiger partial charge in [0, 0.05) is 35.1 Å². The predicted molar refractivity (Wildman–Crippen MR) is 242 cm³/mol. The summed E-state index contributed by atoms with van der Waals surface area (Å²) in [7, 11) is 1.57. The van der Waals surface area contributed by atoms with E-state index in [4.69, 9.17) is 4.74 Å². The Labute approximate surface area is 398 Å². The molecule has 0 aliphatic heterocycles. The Kier molecular flexibility index (Phi) is 12.8. The lowest BCUT2D eigenvalue weighted by Gasteiger charge is -2.38. The first-order chi connectivity index (χ1) is 33.0. The number of carbonyl (C=O) groups excluding carboxylic acids is 3. The van der Waals surface area contributed by atoms with Crippen LogP contribution < -0.4 is 15.4 Å². The highest BCUT2D eigenvalue weighted by molar-refractivity contribution is 6.07. The van der Waals surface area contributed by atoms with Gasteiger partial charge in [0.2, 0.25) is 0 Å². The van der Waals surface area contributed by atoms with Gasteiger partial charge in [0.05, 0.1) is 22.1 Å². The Hall–Kier alpha value is -7.51. The summed E-state index contributed by atoms with van der Waals surface area (Å²) in [6.45, 7) is 4.18. The first-order valence-electron chi connectivity index (χ1n) is 21.3. The summed E-state index contributed by atoms with van der Waals surface area (Å²) in [5.41, 5.74) is -17.2. The number of nitrogens with one attached hydrogen (secondary N) is 2. The zero-order valence-electron chi connectivity index (χ0n) is 37.9. The number of benzene rings is 6. The van der Waals surface area contributed by atoms with Gasteiger partial charge in [0.25, 0.3) is 18.0 Å². The molecular weight excluding hydrogens is 952 g/mol. The highest BCUT2D eigenvalue weighted by atomic mass is 19.4. The van der Waals surface area contributed by atoms with Gasteiger partial charge in [0.15, 0.2) is 5.78 Å². The van der Waals surface area contributed by atoms with E-state index in [9.17, 15) is 34.5 Å². The maximum absolute atomic E-state index is 15.4. The summed E-state index contributed by atoms with van der Waals surface area (Å²) in [5, 5.41) is 37.1. The largest absolute Gasteiger partial charge is 0.478 e. The van der Waals surface area contributed by atoms with E-state index < -0.39 is 103 Å². The first-order valence-corrected chi connectivity index (χ1v) is 21.3. The quantitative estimate of drug-likeness (QED) is 0.0430. The van der Waals surface area contributed by atoms with Crippen LogP contribution in [0.5, 0.6) is 5.75 Å². The zero-order valence-corrected chi connectivity index (χ0v) is 37.9. The number of fused-ring (bicyclic) bond motifs is 3. The number of carboxylic acid groups (broad SMARTS) is 1. The van der Waals surface area contributed by atoms with Gasteiger partial charge in [-0.3, -0.25) is 14.4 Å². The third kappa shape index (κ3) is 8.25. The Balaban J connectivity index is 1.51. The molecule has 0 radical (unpaired) electrons. The molecule has 71 heavy (non-hydrogen) atoms. The number of aliphatic hydroxyl groups is 2. The van der Waals surface area contributed by atoms with Gasteiger partial charge in [-0.05, 0) is 121 Å². The Bertz CT molecular complexity index is 3080. The van der Waals surface area contributed by atoms with Crippen molar-refractivity contribution < 1.29 is 78.7 Å². The number of halogens is 9. The minimum atomic E-state index is -6.57. The number of hydrogen-bond acceptors (Lipinski definition) is 8. The number of hydrogen-bond donors (Lipinski definition) is 5. The van der Waals surface area contributed by atoms with E-state index in [1.807, 2.05) is 5.32 Å². The van der Waals surface area contributed by atoms with Gasteiger partial charge in [-0.2, -0.15) is 39.5 Å². The molecule has 1 atom stereocenters. The fourth-order valence-electron chi connectivity index (χ4n) is 9.37. The summed E-state index contributed by atoms with van der Waals surface area (Å²) in [4.78, 5) is 50.3. The van der Waals surface area contributed by atoms with Crippen molar-refractivity contribution in [2.75, 3.05) is 17.7 Å². The lowest BCUT2D eigenvalue weighted by atomic mass is 9.66. The third-order valence-electron chi connectivity index (χ3n) is 13.0. The normalized spacial score (nSPS) is 14.4. The molecule has 0 spiro atoms. The molecule has 0 aromatic heterocycles. The summed E-state index contributed by atoms with van der Waals surface area (Å²) >= 11 is 0.